The molecule has 0 radical (unpaired) electrons. The Hall–Kier alpha value is -2.88. The number of rotatable bonds is 2. The minimum atomic E-state index is -0.443. The third-order valence-corrected chi connectivity index (χ3v) is 3.58. The van der Waals surface area contributed by atoms with Gasteiger partial charge >= 0.3 is 5.63 Å². The number of para-hydroxylation sites is 1. The molecule has 110 valence electrons. The number of phenolic OH excluding ortho intramolecular Hbond substituents is 1. The maximum absolute atomic E-state index is 11.6. The Morgan fingerprint density at radius 3 is 2.64 bits per heavy atom. The minimum Gasteiger partial charge on any atom is -0.507 e. The van der Waals surface area contributed by atoms with Gasteiger partial charge in [-0.05, 0) is 43.2 Å². The van der Waals surface area contributed by atoms with E-state index >= 15 is 0 Å². The normalized spacial score (nSPS) is 11.4. The highest BCUT2D eigenvalue weighted by Crippen LogP contribution is 2.27. The number of benzene rings is 2. The number of hydrogen-bond donors (Lipinski definition) is 1. The third kappa shape index (κ3) is 2.51. The quantitative estimate of drug-likeness (QED) is 0.576. The summed E-state index contributed by atoms with van der Waals surface area (Å²) in [6.07, 6.45) is 1.53. The molecule has 4 heteroatoms. The molecule has 1 aromatic heterocycles. The van der Waals surface area contributed by atoms with Gasteiger partial charge in [-0.25, -0.2) is 4.79 Å². The van der Waals surface area contributed by atoms with Crippen molar-refractivity contribution in [1.82, 2.24) is 0 Å². The largest absolute Gasteiger partial charge is 0.507 e. The average molecular weight is 293 g/mol. The van der Waals surface area contributed by atoms with E-state index in [1.54, 1.807) is 12.1 Å². The van der Waals surface area contributed by atoms with Crippen LogP contribution in [0.5, 0.6) is 5.75 Å². The van der Waals surface area contributed by atoms with Crippen molar-refractivity contribution >= 4 is 22.9 Å². The molecular formula is C18H15NO3. The monoisotopic (exact) mass is 293 g/mol. The molecule has 2 aromatic carbocycles. The summed E-state index contributed by atoms with van der Waals surface area (Å²) in [5, 5.41) is 10.9. The van der Waals surface area contributed by atoms with Crippen LogP contribution < -0.4 is 5.63 Å². The number of phenols is 1. The Balaban J connectivity index is 2.20. The summed E-state index contributed by atoms with van der Waals surface area (Å²) >= 11 is 0. The number of aromatic hydroxyl groups is 1. The fourth-order valence-corrected chi connectivity index (χ4v) is 2.36. The molecule has 0 amide bonds. The second kappa shape index (κ2) is 5.48. The van der Waals surface area contributed by atoms with Gasteiger partial charge in [0.2, 0.25) is 0 Å². The molecule has 0 aliphatic rings. The lowest BCUT2D eigenvalue weighted by Gasteiger charge is -2.06. The fourth-order valence-electron chi connectivity index (χ4n) is 2.36. The number of hydrogen-bond acceptors (Lipinski definition) is 4. The van der Waals surface area contributed by atoms with E-state index < -0.39 is 5.63 Å². The number of nitrogens with zero attached hydrogens (tertiary/aromatic N) is 1. The van der Waals surface area contributed by atoms with Gasteiger partial charge < -0.3 is 9.52 Å². The second-order valence-corrected chi connectivity index (χ2v) is 5.17. The first kappa shape index (κ1) is 14.1. The lowest BCUT2D eigenvalue weighted by atomic mass is 10.1. The third-order valence-electron chi connectivity index (χ3n) is 3.58. The topological polar surface area (TPSA) is 62.8 Å². The molecule has 3 aromatic rings. The first-order valence-electron chi connectivity index (χ1n) is 6.92. The van der Waals surface area contributed by atoms with Gasteiger partial charge in [-0.2, -0.15) is 0 Å². The summed E-state index contributed by atoms with van der Waals surface area (Å²) in [6, 6.07) is 12.4. The Morgan fingerprint density at radius 2 is 1.86 bits per heavy atom. The van der Waals surface area contributed by atoms with Crippen LogP contribution in [0.2, 0.25) is 0 Å². The van der Waals surface area contributed by atoms with Crippen molar-refractivity contribution in [2.45, 2.75) is 13.8 Å². The molecule has 0 aliphatic carbocycles. The van der Waals surface area contributed by atoms with Crippen LogP contribution in [0.1, 0.15) is 16.7 Å². The molecule has 0 atom stereocenters. The summed E-state index contributed by atoms with van der Waals surface area (Å²) in [6.45, 7) is 3.79. The van der Waals surface area contributed by atoms with E-state index in [1.165, 1.54) is 12.3 Å². The SMILES string of the molecule is Cc1ccccc1N=Cc1c(O)ccc2c(C)cc(=O)oc12. The molecule has 0 fully saturated rings. The van der Waals surface area contributed by atoms with E-state index in [0.29, 0.717) is 11.1 Å². The van der Waals surface area contributed by atoms with Gasteiger partial charge in [0.1, 0.15) is 5.75 Å². The second-order valence-electron chi connectivity index (χ2n) is 5.17. The van der Waals surface area contributed by atoms with Crippen molar-refractivity contribution in [2.24, 2.45) is 4.99 Å². The van der Waals surface area contributed by atoms with Crippen molar-refractivity contribution < 1.29 is 9.52 Å². The number of aliphatic imine (C=N–C) groups is 1. The Labute approximate surface area is 127 Å². The zero-order valence-corrected chi connectivity index (χ0v) is 12.3. The van der Waals surface area contributed by atoms with Crippen LogP contribution in [0.15, 0.2) is 56.7 Å². The standard InChI is InChI=1S/C18H15NO3/c1-11-5-3-4-6-15(11)19-10-14-16(20)8-7-13-12(2)9-17(21)22-18(13)14/h3-10,20H,1-2H3. The van der Waals surface area contributed by atoms with Crippen LogP contribution in [0.25, 0.3) is 11.0 Å². The van der Waals surface area contributed by atoms with Crippen molar-refractivity contribution in [3.63, 3.8) is 0 Å². The van der Waals surface area contributed by atoms with Crippen LogP contribution >= 0.6 is 0 Å². The van der Waals surface area contributed by atoms with Crippen LogP contribution in [0.4, 0.5) is 5.69 Å². The van der Waals surface area contributed by atoms with Crippen LogP contribution in [-0.4, -0.2) is 11.3 Å². The van der Waals surface area contributed by atoms with Crippen LogP contribution in [-0.2, 0) is 0 Å². The van der Waals surface area contributed by atoms with Gasteiger partial charge in [-0.3, -0.25) is 4.99 Å². The van der Waals surface area contributed by atoms with E-state index in [4.69, 9.17) is 4.42 Å². The molecule has 0 saturated carbocycles. The highest BCUT2D eigenvalue weighted by molar-refractivity contribution is 6.00. The highest BCUT2D eigenvalue weighted by atomic mass is 16.4. The Kier molecular flexibility index (Phi) is 3.51. The van der Waals surface area contributed by atoms with Gasteiger partial charge in [0, 0.05) is 17.7 Å². The molecule has 0 bridgehead atoms. The summed E-state index contributed by atoms with van der Waals surface area (Å²) in [4.78, 5) is 16.0. The van der Waals surface area contributed by atoms with Gasteiger partial charge in [-0.15, -0.1) is 0 Å². The lowest BCUT2D eigenvalue weighted by Crippen LogP contribution is -2.00. The molecule has 1 N–H and O–H groups in total. The zero-order chi connectivity index (χ0) is 15.7. The molecule has 0 unspecified atom stereocenters. The average Bonchev–Trinajstić information content (AvgIpc) is 2.47. The van der Waals surface area contributed by atoms with Crippen LogP contribution in [0, 0.1) is 13.8 Å². The summed E-state index contributed by atoms with van der Waals surface area (Å²) < 4.78 is 5.27. The first-order valence-corrected chi connectivity index (χ1v) is 6.92. The molecule has 1 heterocycles. The molecule has 3 rings (SSSR count). The maximum atomic E-state index is 11.6. The Morgan fingerprint density at radius 1 is 1.09 bits per heavy atom. The highest BCUT2D eigenvalue weighted by Gasteiger charge is 2.10. The van der Waals surface area contributed by atoms with Crippen LogP contribution in [0.3, 0.4) is 0 Å². The summed E-state index contributed by atoms with van der Waals surface area (Å²) in [5.74, 6) is 0.0265. The predicted molar refractivity (Wildman–Crippen MR) is 87.3 cm³/mol. The maximum Gasteiger partial charge on any atom is 0.336 e. The van der Waals surface area contributed by atoms with Gasteiger partial charge in [0.25, 0.3) is 0 Å². The van der Waals surface area contributed by atoms with Crippen molar-refractivity contribution in [2.75, 3.05) is 0 Å². The summed E-state index contributed by atoms with van der Waals surface area (Å²) in [5.41, 5.74) is 2.94. The Bertz CT molecular complexity index is 939. The number of aryl methyl sites for hydroxylation is 2. The molecule has 0 spiro atoms. The van der Waals surface area contributed by atoms with Gasteiger partial charge in [0.05, 0.1) is 11.3 Å². The summed E-state index contributed by atoms with van der Waals surface area (Å²) in [7, 11) is 0. The van der Waals surface area contributed by atoms with Crippen molar-refractivity contribution in [1.29, 1.82) is 0 Å². The van der Waals surface area contributed by atoms with E-state index in [-0.39, 0.29) is 5.75 Å². The van der Waals surface area contributed by atoms with E-state index in [2.05, 4.69) is 4.99 Å². The smallest absolute Gasteiger partial charge is 0.336 e. The minimum absolute atomic E-state index is 0.0265. The van der Waals surface area contributed by atoms with E-state index in [0.717, 1.165) is 22.2 Å². The number of fused-ring (bicyclic) bond motifs is 1. The molecule has 4 nitrogen and oxygen atoms in total. The lowest BCUT2D eigenvalue weighted by molar-refractivity contribution is 0.472. The van der Waals surface area contributed by atoms with E-state index in [9.17, 15) is 9.90 Å². The van der Waals surface area contributed by atoms with Gasteiger partial charge in [-0.1, -0.05) is 18.2 Å². The van der Waals surface area contributed by atoms with Gasteiger partial charge in [0.15, 0.2) is 5.58 Å². The van der Waals surface area contributed by atoms with E-state index in [1.807, 2.05) is 38.1 Å². The fraction of sp³-hybridized carbons (Fsp3) is 0.111. The molecular weight excluding hydrogens is 278 g/mol. The zero-order valence-electron chi connectivity index (χ0n) is 12.3. The van der Waals surface area contributed by atoms with Crippen molar-refractivity contribution in [3.8, 4) is 5.75 Å². The molecule has 0 saturated heterocycles. The predicted octanol–water partition coefficient (Wildman–Crippen LogP) is 3.87. The first-order chi connectivity index (χ1) is 10.6. The van der Waals surface area contributed by atoms with Crippen molar-refractivity contribution in [3.05, 3.63) is 69.6 Å². The molecule has 0 aliphatic heterocycles. The molecule has 22 heavy (non-hydrogen) atoms.